The minimum Gasteiger partial charge on any atom is -0.478 e. The fourth-order valence-corrected chi connectivity index (χ4v) is 2.93. The van der Waals surface area contributed by atoms with Crippen LogP contribution in [0.25, 0.3) is 0 Å². The summed E-state index contributed by atoms with van der Waals surface area (Å²) in [4.78, 5) is 13.2. The van der Waals surface area contributed by atoms with Crippen LogP contribution >= 0.6 is 0 Å². The third-order valence-corrected chi connectivity index (χ3v) is 4.14. The highest BCUT2D eigenvalue weighted by Gasteiger charge is 2.20. The third kappa shape index (κ3) is 3.57. The fraction of sp³-hybridized carbons (Fsp3) is 0.562. The molecule has 1 atom stereocenters. The Kier molecular flexibility index (Phi) is 5.12. The van der Waals surface area contributed by atoms with Gasteiger partial charge in [0.1, 0.15) is 5.82 Å². The van der Waals surface area contributed by atoms with Crippen molar-refractivity contribution in [3.05, 3.63) is 35.1 Å². The molecule has 20 heavy (non-hydrogen) atoms. The molecule has 0 aliphatic carbocycles. The Labute approximate surface area is 119 Å². The van der Waals surface area contributed by atoms with Gasteiger partial charge in [0.25, 0.3) is 0 Å². The summed E-state index contributed by atoms with van der Waals surface area (Å²) in [5, 5.41) is 8.86. The van der Waals surface area contributed by atoms with Crippen molar-refractivity contribution in [3.8, 4) is 0 Å². The number of carbonyl (C=O) groups is 1. The van der Waals surface area contributed by atoms with Crippen LogP contribution in [0.5, 0.6) is 0 Å². The van der Waals surface area contributed by atoms with Gasteiger partial charge in [-0.05, 0) is 37.9 Å². The summed E-state index contributed by atoms with van der Waals surface area (Å²) in [6.07, 6.45) is 5.90. The number of hydrogen-bond acceptors (Lipinski definition) is 2. The molecule has 0 bridgehead atoms. The molecule has 0 saturated carbocycles. The molecule has 0 amide bonds. The summed E-state index contributed by atoms with van der Waals surface area (Å²) >= 11 is 0. The molecule has 0 aromatic heterocycles. The predicted molar refractivity (Wildman–Crippen MR) is 76.3 cm³/mol. The SMILES string of the molecule is CCC1CCCCCN1Cc1ccc(C(=O)O)cc1F. The molecule has 0 spiro atoms. The molecule has 0 radical (unpaired) electrons. The fourth-order valence-electron chi connectivity index (χ4n) is 2.93. The van der Waals surface area contributed by atoms with Gasteiger partial charge < -0.3 is 5.11 Å². The number of carboxylic acid groups (broad SMARTS) is 1. The lowest BCUT2D eigenvalue weighted by Gasteiger charge is -2.29. The average Bonchev–Trinajstić information content (AvgIpc) is 2.65. The Morgan fingerprint density at radius 3 is 2.85 bits per heavy atom. The van der Waals surface area contributed by atoms with E-state index in [1.807, 2.05) is 0 Å². The Bertz CT molecular complexity index is 476. The molecule has 1 saturated heterocycles. The van der Waals surface area contributed by atoms with E-state index in [2.05, 4.69) is 11.8 Å². The first-order chi connectivity index (χ1) is 9.61. The summed E-state index contributed by atoms with van der Waals surface area (Å²) in [5.74, 6) is -1.50. The topological polar surface area (TPSA) is 40.5 Å². The monoisotopic (exact) mass is 279 g/mol. The van der Waals surface area contributed by atoms with Crippen molar-refractivity contribution in [2.45, 2.75) is 51.6 Å². The van der Waals surface area contributed by atoms with Gasteiger partial charge in [0.15, 0.2) is 0 Å². The number of carboxylic acids is 1. The van der Waals surface area contributed by atoms with Crippen LogP contribution in [0.1, 0.15) is 54.9 Å². The molecule has 1 aliphatic rings. The predicted octanol–water partition coefficient (Wildman–Crippen LogP) is 3.68. The lowest BCUT2D eigenvalue weighted by Crippen LogP contribution is -2.34. The molecule has 1 fully saturated rings. The minimum atomic E-state index is -1.09. The van der Waals surface area contributed by atoms with Crippen molar-refractivity contribution in [2.75, 3.05) is 6.54 Å². The van der Waals surface area contributed by atoms with Crippen molar-refractivity contribution >= 4 is 5.97 Å². The normalized spacial score (nSPS) is 20.6. The van der Waals surface area contributed by atoms with E-state index in [0.717, 1.165) is 25.5 Å². The first-order valence-electron chi connectivity index (χ1n) is 7.37. The van der Waals surface area contributed by atoms with Gasteiger partial charge in [0.2, 0.25) is 0 Å². The average molecular weight is 279 g/mol. The van der Waals surface area contributed by atoms with Gasteiger partial charge in [0.05, 0.1) is 5.56 Å². The minimum absolute atomic E-state index is 0.00848. The third-order valence-electron chi connectivity index (χ3n) is 4.14. The van der Waals surface area contributed by atoms with Crippen LogP contribution in [-0.2, 0) is 6.54 Å². The smallest absolute Gasteiger partial charge is 0.335 e. The summed E-state index contributed by atoms with van der Waals surface area (Å²) in [7, 11) is 0. The highest BCUT2D eigenvalue weighted by atomic mass is 19.1. The molecule has 4 heteroatoms. The highest BCUT2D eigenvalue weighted by Crippen LogP contribution is 2.22. The second kappa shape index (κ2) is 6.84. The standard InChI is InChI=1S/C16H22FNO2/c1-2-14-6-4-3-5-9-18(14)11-13-8-7-12(16(19)20)10-15(13)17/h7-8,10,14H,2-6,9,11H2,1H3,(H,19,20). The summed E-state index contributed by atoms with van der Waals surface area (Å²) < 4.78 is 14.0. The van der Waals surface area contributed by atoms with E-state index in [1.54, 1.807) is 6.07 Å². The van der Waals surface area contributed by atoms with E-state index in [4.69, 9.17) is 5.11 Å². The summed E-state index contributed by atoms with van der Waals surface area (Å²) in [6.45, 7) is 3.75. The molecule has 1 aromatic carbocycles. The van der Waals surface area contributed by atoms with Gasteiger partial charge in [-0.2, -0.15) is 0 Å². The second-order valence-corrected chi connectivity index (χ2v) is 5.49. The van der Waals surface area contributed by atoms with E-state index < -0.39 is 11.8 Å². The van der Waals surface area contributed by atoms with Crippen LogP contribution < -0.4 is 0 Å². The van der Waals surface area contributed by atoms with Gasteiger partial charge in [0, 0.05) is 18.2 Å². The molecule has 3 nitrogen and oxygen atoms in total. The Balaban J connectivity index is 2.13. The van der Waals surface area contributed by atoms with Gasteiger partial charge in [-0.1, -0.05) is 25.8 Å². The number of aromatic carboxylic acids is 1. The Morgan fingerprint density at radius 1 is 1.40 bits per heavy atom. The number of benzene rings is 1. The highest BCUT2D eigenvalue weighted by molar-refractivity contribution is 5.87. The van der Waals surface area contributed by atoms with Gasteiger partial charge in [-0.25, -0.2) is 9.18 Å². The van der Waals surface area contributed by atoms with Crippen molar-refractivity contribution in [2.24, 2.45) is 0 Å². The molecule has 2 rings (SSSR count). The van der Waals surface area contributed by atoms with Crippen LogP contribution in [0, 0.1) is 5.82 Å². The quantitative estimate of drug-likeness (QED) is 0.914. The number of nitrogens with zero attached hydrogens (tertiary/aromatic N) is 1. The molecule has 1 heterocycles. The van der Waals surface area contributed by atoms with Crippen LogP contribution in [0.15, 0.2) is 18.2 Å². The number of hydrogen-bond donors (Lipinski definition) is 1. The molecule has 1 aliphatic heterocycles. The molecule has 110 valence electrons. The van der Waals surface area contributed by atoms with E-state index in [9.17, 15) is 9.18 Å². The van der Waals surface area contributed by atoms with Gasteiger partial charge in [-0.3, -0.25) is 4.90 Å². The van der Waals surface area contributed by atoms with Crippen molar-refractivity contribution in [1.29, 1.82) is 0 Å². The lowest BCUT2D eigenvalue weighted by atomic mass is 10.1. The number of rotatable bonds is 4. The van der Waals surface area contributed by atoms with E-state index >= 15 is 0 Å². The van der Waals surface area contributed by atoms with Gasteiger partial charge in [-0.15, -0.1) is 0 Å². The zero-order valence-corrected chi connectivity index (χ0v) is 11.9. The maximum atomic E-state index is 14.0. The maximum absolute atomic E-state index is 14.0. The van der Waals surface area contributed by atoms with Crippen LogP contribution in [0.2, 0.25) is 0 Å². The largest absolute Gasteiger partial charge is 0.478 e. The first kappa shape index (κ1) is 15.0. The second-order valence-electron chi connectivity index (χ2n) is 5.49. The molecular weight excluding hydrogens is 257 g/mol. The number of likely N-dealkylation sites (tertiary alicyclic amines) is 1. The van der Waals surface area contributed by atoms with Crippen molar-refractivity contribution < 1.29 is 14.3 Å². The summed E-state index contributed by atoms with van der Waals surface area (Å²) in [5.41, 5.74) is 0.601. The van der Waals surface area contributed by atoms with E-state index in [-0.39, 0.29) is 5.56 Å². The van der Waals surface area contributed by atoms with Crippen molar-refractivity contribution in [3.63, 3.8) is 0 Å². The summed E-state index contributed by atoms with van der Waals surface area (Å²) in [6, 6.07) is 4.72. The van der Waals surface area contributed by atoms with Gasteiger partial charge >= 0.3 is 5.97 Å². The zero-order chi connectivity index (χ0) is 14.5. The first-order valence-corrected chi connectivity index (χ1v) is 7.37. The zero-order valence-electron chi connectivity index (χ0n) is 11.9. The van der Waals surface area contributed by atoms with Crippen LogP contribution in [0.3, 0.4) is 0 Å². The Morgan fingerprint density at radius 2 is 2.20 bits per heavy atom. The lowest BCUT2D eigenvalue weighted by molar-refractivity contribution is 0.0696. The van der Waals surface area contributed by atoms with E-state index in [1.165, 1.54) is 25.3 Å². The molecule has 1 unspecified atom stereocenters. The molecule has 1 aromatic rings. The Hall–Kier alpha value is -1.42. The van der Waals surface area contributed by atoms with Crippen molar-refractivity contribution in [1.82, 2.24) is 4.90 Å². The van der Waals surface area contributed by atoms with Crippen LogP contribution in [0.4, 0.5) is 4.39 Å². The van der Waals surface area contributed by atoms with E-state index in [0.29, 0.717) is 18.2 Å². The molecule has 1 N–H and O–H groups in total. The number of halogens is 1. The maximum Gasteiger partial charge on any atom is 0.335 e. The van der Waals surface area contributed by atoms with Crippen LogP contribution in [-0.4, -0.2) is 28.6 Å². The molecular formula is C16H22FNO2.